The molecular formula is C23H23FN2O3S. The Hall–Kier alpha value is -3.19. The van der Waals surface area contributed by atoms with Gasteiger partial charge < -0.3 is 5.32 Å². The van der Waals surface area contributed by atoms with Gasteiger partial charge in [-0.15, -0.1) is 0 Å². The van der Waals surface area contributed by atoms with E-state index in [0.717, 1.165) is 15.4 Å². The summed E-state index contributed by atoms with van der Waals surface area (Å²) in [4.78, 5) is 12.6. The average Bonchev–Trinajstić information content (AvgIpc) is 2.74. The summed E-state index contributed by atoms with van der Waals surface area (Å²) < 4.78 is 40.8. The molecule has 0 bridgehead atoms. The Morgan fingerprint density at radius 3 is 2.33 bits per heavy atom. The number of benzene rings is 3. The Labute approximate surface area is 176 Å². The summed E-state index contributed by atoms with van der Waals surface area (Å²) in [5, 5.41) is 2.87. The van der Waals surface area contributed by atoms with Crippen molar-refractivity contribution in [2.45, 2.75) is 24.8 Å². The van der Waals surface area contributed by atoms with Crippen LogP contribution >= 0.6 is 0 Å². The van der Waals surface area contributed by atoms with Crippen molar-refractivity contribution in [1.29, 1.82) is 0 Å². The fraction of sp³-hybridized carbons (Fsp3) is 0.174. The van der Waals surface area contributed by atoms with Crippen molar-refractivity contribution in [3.8, 4) is 0 Å². The number of hydrogen-bond donors (Lipinski definition) is 1. The molecule has 0 radical (unpaired) electrons. The van der Waals surface area contributed by atoms with Gasteiger partial charge in [0.2, 0.25) is 0 Å². The number of anilines is 1. The highest BCUT2D eigenvalue weighted by Gasteiger charge is 2.24. The van der Waals surface area contributed by atoms with E-state index in [9.17, 15) is 17.6 Å². The quantitative estimate of drug-likeness (QED) is 0.633. The third-order valence-electron chi connectivity index (χ3n) is 4.87. The monoisotopic (exact) mass is 426 g/mol. The molecule has 1 amide bonds. The SMILES string of the molecule is Cc1ccc([C@H](C)NC(=O)c2cccc(S(=O)(=O)N(C)c3ccccc3F)c2)cc1. The van der Waals surface area contributed by atoms with Crippen LogP contribution in [0.2, 0.25) is 0 Å². The second kappa shape index (κ2) is 8.67. The molecule has 1 atom stereocenters. The molecule has 0 saturated heterocycles. The van der Waals surface area contributed by atoms with Crippen molar-refractivity contribution in [3.63, 3.8) is 0 Å². The van der Waals surface area contributed by atoms with E-state index in [1.807, 2.05) is 38.1 Å². The molecule has 30 heavy (non-hydrogen) atoms. The van der Waals surface area contributed by atoms with Crippen molar-refractivity contribution in [1.82, 2.24) is 5.32 Å². The van der Waals surface area contributed by atoms with E-state index in [4.69, 9.17) is 0 Å². The van der Waals surface area contributed by atoms with Gasteiger partial charge in [-0.2, -0.15) is 0 Å². The van der Waals surface area contributed by atoms with E-state index in [0.29, 0.717) is 0 Å². The third-order valence-corrected chi connectivity index (χ3v) is 6.64. The maximum absolute atomic E-state index is 14.1. The second-order valence-corrected chi connectivity index (χ2v) is 9.03. The molecule has 3 aromatic carbocycles. The second-order valence-electron chi connectivity index (χ2n) is 7.06. The summed E-state index contributed by atoms with van der Waals surface area (Å²) in [6.45, 7) is 3.84. The van der Waals surface area contributed by atoms with E-state index in [1.54, 1.807) is 12.1 Å². The number of carbonyl (C=O) groups is 1. The summed E-state index contributed by atoms with van der Waals surface area (Å²) in [6, 6.07) is 18.9. The zero-order valence-electron chi connectivity index (χ0n) is 17.0. The molecule has 0 aliphatic carbocycles. The Morgan fingerprint density at radius 2 is 1.67 bits per heavy atom. The number of hydrogen-bond acceptors (Lipinski definition) is 3. The van der Waals surface area contributed by atoms with Gasteiger partial charge in [-0.05, 0) is 49.7 Å². The van der Waals surface area contributed by atoms with Crippen LogP contribution in [0, 0.1) is 12.7 Å². The van der Waals surface area contributed by atoms with Crippen LogP contribution in [-0.2, 0) is 10.0 Å². The van der Waals surface area contributed by atoms with E-state index in [-0.39, 0.29) is 22.2 Å². The van der Waals surface area contributed by atoms with Crippen molar-refractivity contribution in [3.05, 3.63) is 95.3 Å². The number of amides is 1. The first-order valence-electron chi connectivity index (χ1n) is 9.41. The van der Waals surface area contributed by atoms with Crippen LogP contribution < -0.4 is 9.62 Å². The molecule has 3 aromatic rings. The van der Waals surface area contributed by atoms with E-state index >= 15 is 0 Å². The third kappa shape index (κ3) is 4.52. The van der Waals surface area contributed by atoms with Crippen molar-refractivity contribution in [2.24, 2.45) is 0 Å². The molecule has 5 nitrogen and oxygen atoms in total. The predicted molar refractivity (Wildman–Crippen MR) is 115 cm³/mol. The molecule has 7 heteroatoms. The smallest absolute Gasteiger partial charge is 0.264 e. The van der Waals surface area contributed by atoms with Gasteiger partial charge in [0.15, 0.2) is 0 Å². The Bertz CT molecular complexity index is 1160. The molecule has 0 spiro atoms. The Morgan fingerprint density at radius 1 is 1.00 bits per heavy atom. The molecule has 1 N–H and O–H groups in total. The lowest BCUT2D eigenvalue weighted by atomic mass is 10.1. The standard InChI is InChI=1S/C23H23FN2O3S/c1-16-11-13-18(14-12-16)17(2)25-23(27)19-7-6-8-20(15-19)30(28,29)26(3)22-10-5-4-9-21(22)24/h4-15,17H,1-3H3,(H,25,27)/t17-/m0/s1. The lowest BCUT2D eigenvalue weighted by Gasteiger charge is -2.20. The Kier molecular flexibility index (Phi) is 6.22. The highest BCUT2D eigenvalue weighted by Crippen LogP contribution is 2.25. The molecule has 0 aromatic heterocycles. The van der Waals surface area contributed by atoms with Crippen LogP contribution in [0.4, 0.5) is 10.1 Å². The Balaban J connectivity index is 1.83. The van der Waals surface area contributed by atoms with E-state index in [2.05, 4.69) is 5.32 Å². The average molecular weight is 427 g/mol. The van der Waals surface area contributed by atoms with Gasteiger partial charge in [0, 0.05) is 12.6 Å². The largest absolute Gasteiger partial charge is 0.346 e. The van der Waals surface area contributed by atoms with Crippen LogP contribution in [0.15, 0.2) is 77.7 Å². The van der Waals surface area contributed by atoms with Crippen molar-refractivity contribution in [2.75, 3.05) is 11.4 Å². The maximum Gasteiger partial charge on any atom is 0.264 e. The zero-order chi connectivity index (χ0) is 21.9. The van der Waals surface area contributed by atoms with Crippen LogP contribution in [0.3, 0.4) is 0 Å². The molecule has 0 heterocycles. The number of sulfonamides is 1. The summed E-state index contributed by atoms with van der Waals surface area (Å²) in [5.74, 6) is -1.04. The van der Waals surface area contributed by atoms with Gasteiger partial charge >= 0.3 is 0 Å². The lowest BCUT2D eigenvalue weighted by molar-refractivity contribution is 0.0939. The fourth-order valence-corrected chi connectivity index (χ4v) is 4.26. The van der Waals surface area contributed by atoms with Crippen LogP contribution in [-0.4, -0.2) is 21.4 Å². The summed E-state index contributed by atoms with van der Waals surface area (Å²) in [5.41, 5.74) is 2.20. The van der Waals surface area contributed by atoms with Gasteiger partial charge in [-0.3, -0.25) is 9.10 Å². The number of nitrogens with one attached hydrogen (secondary N) is 1. The molecule has 156 valence electrons. The minimum atomic E-state index is -4.04. The number of aryl methyl sites for hydroxylation is 1. The van der Waals surface area contributed by atoms with Crippen LogP contribution in [0.1, 0.15) is 34.5 Å². The minimum absolute atomic E-state index is 0.0691. The van der Waals surface area contributed by atoms with Crippen LogP contribution in [0.25, 0.3) is 0 Å². The molecule has 0 fully saturated rings. The maximum atomic E-state index is 14.1. The van der Waals surface area contributed by atoms with E-state index in [1.165, 1.54) is 43.4 Å². The lowest BCUT2D eigenvalue weighted by Crippen LogP contribution is -2.29. The molecule has 0 saturated carbocycles. The normalized spacial score (nSPS) is 12.3. The van der Waals surface area contributed by atoms with Gasteiger partial charge in [0.05, 0.1) is 16.6 Å². The molecular weight excluding hydrogens is 403 g/mol. The number of rotatable bonds is 6. The molecule has 0 unspecified atom stereocenters. The first-order valence-corrected chi connectivity index (χ1v) is 10.8. The summed E-state index contributed by atoms with van der Waals surface area (Å²) >= 11 is 0. The predicted octanol–water partition coefficient (Wildman–Crippen LogP) is 4.45. The minimum Gasteiger partial charge on any atom is -0.346 e. The highest BCUT2D eigenvalue weighted by atomic mass is 32.2. The summed E-state index contributed by atoms with van der Waals surface area (Å²) in [7, 11) is -2.76. The molecule has 3 rings (SSSR count). The topological polar surface area (TPSA) is 66.5 Å². The van der Waals surface area contributed by atoms with Gasteiger partial charge in [0.1, 0.15) is 5.82 Å². The number of halogens is 1. The zero-order valence-corrected chi connectivity index (χ0v) is 17.8. The number of para-hydroxylation sites is 1. The highest BCUT2D eigenvalue weighted by molar-refractivity contribution is 7.92. The van der Waals surface area contributed by atoms with E-state index < -0.39 is 21.7 Å². The van der Waals surface area contributed by atoms with Crippen LogP contribution in [0.5, 0.6) is 0 Å². The van der Waals surface area contributed by atoms with Gasteiger partial charge in [-0.25, -0.2) is 12.8 Å². The van der Waals surface area contributed by atoms with Gasteiger partial charge in [0.25, 0.3) is 15.9 Å². The molecule has 0 aliphatic rings. The fourth-order valence-electron chi connectivity index (χ4n) is 3.01. The van der Waals surface area contributed by atoms with Crippen molar-refractivity contribution >= 4 is 21.6 Å². The first kappa shape index (κ1) is 21.5. The number of carbonyl (C=O) groups excluding carboxylic acids is 1. The van der Waals surface area contributed by atoms with Gasteiger partial charge in [-0.1, -0.05) is 48.0 Å². The van der Waals surface area contributed by atoms with Crippen molar-refractivity contribution < 1.29 is 17.6 Å². The number of nitrogens with zero attached hydrogens (tertiary/aromatic N) is 1. The first-order chi connectivity index (χ1) is 14.2. The summed E-state index contributed by atoms with van der Waals surface area (Å²) in [6.07, 6.45) is 0. The molecule has 0 aliphatic heterocycles.